The van der Waals surface area contributed by atoms with Gasteiger partial charge in [0, 0.05) is 16.5 Å². The van der Waals surface area contributed by atoms with Gasteiger partial charge in [-0.25, -0.2) is 5.11 Å². The van der Waals surface area contributed by atoms with Crippen LogP contribution in [0.15, 0.2) is 18.2 Å². The van der Waals surface area contributed by atoms with E-state index in [1.54, 1.807) is 32.0 Å². The number of halogens is 2. The molecule has 1 nitrogen and oxygen atoms in total. The number of benzene rings is 1. The van der Waals surface area contributed by atoms with Crippen molar-refractivity contribution in [2.45, 2.75) is 25.9 Å². The molecule has 13 heavy (non-hydrogen) atoms. The second kappa shape index (κ2) is 3.87. The van der Waals surface area contributed by atoms with Crippen LogP contribution in [0.5, 0.6) is 0 Å². The Labute approximate surface area is 88.3 Å². The maximum atomic E-state index is 11.4. The Morgan fingerprint density at radius 3 is 2.00 bits per heavy atom. The van der Waals surface area contributed by atoms with Crippen LogP contribution in [0.25, 0.3) is 0 Å². The summed E-state index contributed by atoms with van der Waals surface area (Å²) in [5, 5.41) is 12.6. The Balaban J connectivity index is 2.90. The lowest BCUT2D eigenvalue weighted by Crippen LogP contribution is -2.19. The summed E-state index contributed by atoms with van der Waals surface area (Å²) in [6.07, 6.45) is 0.438. The third kappa shape index (κ3) is 3.99. The third-order valence-electron chi connectivity index (χ3n) is 1.55. The van der Waals surface area contributed by atoms with Crippen LogP contribution in [-0.4, -0.2) is 5.60 Å². The average molecular weight is 218 g/mol. The fourth-order valence-electron chi connectivity index (χ4n) is 1.20. The quantitative estimate of drug-likeness (QED) is 0.720. The molecule has 71 valence electrons. The van der Waals surface area contributed by atoms with Gasteiger partial charge in [-0.15, -0.1) is 0 Å². The average Bonchev–Trinajstić information content (AvgIpc) is 1.78. The topological polar surface area (TPSA) is 19.9 Å². The minimum absolute atomic E-state index is 0.438. The maximum Gasteiger partial charge on any atom is 0.102 e. The molecule has 1 aromatic rings. The zero-order valence-corrected chi connectivity index (χ0v) is 9.12. The van der Waals surface area contributed by atoms with E-state index in [2.05, 4.69) is 0 Å². The second-order valence-electron chi connectivity index (χ2n) is 3.71. The summed E-state index contributed by atoms with van der Waals surface area (Å²) in [6, 6.07) is 5.20. The highest BCUT2D eigenvalue weighted by molar-refractivity contribution is 6.34. The Hall–Kier alpha value is -0.240. The SMILES string of the molecule is CC(C)([O])Cc1cc(Cl)cc(Cl)c1. The first kappa shape index (κ1) is 10.8. The first-order chi connectivity index (χ1) is 5.87. The van der Waals surface area contributed by atoms with E-state index in [-0.39, 0.29) is 0 Å². The van der Waals surface area contributed by atoms with Crippen LogP contribution >= 0.6 is 23.2 Å². The van der Waals surface area contributed by atoms with E-state index in [0.717, 1.165) is 5.56 Å². The molecule has 0 saturated heterocycles. The van der Waals surface area contributed by atoms with Gasteiger partial charge in [0.15, 0.2) is 0 Å². The van der Waals surface area contributed by atoms with Gasteiger partial charge >= 0.3 is 0 Å². The summed E-state index contributed by atoms with van der Waals surface area (Å²) in [6.45, 7) is 3.28. The summed E-state index contributed by atoms with van der Waals surface area (Å²) in [4.78, 5) is 0. The molecule has 0 bridgehead atoms. The lowest BCUT2D eigenvalue weighted by molar-refractivity contribution is 0.00479. The van der Waals surface area contributed by atoms with Crippen LogP contribution in [0.2, 0.25) is 10.0 Å². The van der Waals surface area contributed by atoms with Gasteiger partial charge in [0.25, 0.3) is 0 Å². The number of hydrogen-bond acceptors (Lipinski definition) is 0. The summed E-state index contributed by atoms with van der Waals surface area (Å²) >= 11 is 11.6. The Morgan fingerprint density at radius 1 is 1.15 bits per heavy atom. The third-order valence-corrected chi connectivity index (χ3v) is 1.99. The normalized spacial score (nSPS) is 11.8. The molecule has 0 N–H and O–H groups in total. The van der Waals surface area contributed by atoms with E-state index in [9.17, 15) is 5.11 Å². The van der Waals surface area contributed by atoms with E-state index in [1.807, 2.05) is 0 Å². The molecule has 0 spiro atoms. The molecule has 0 saturated carbocycles. The minimum Gasteiger partial charge on any atom is -0.230 e. The van der Waals surface area contributed by atoms with Gasteiger partial charge in [-0.1, -0.05) is 23.2 Å². The molecular formula is C10H11Cl2O. The monoisotopic (exact) mass is 217 g/mol. The van der Waals surface area contributed by atoms with E-state index in [1.165, 1.54) is 0 Å². The van der Waals surface area contributed by atoms with Crippen LogP contribution < -0.4 is 0 Å². The van der Waals surface area contributed by atoms with Gasteiger partial charge in [-0.05, 0) is 37.6 Å². The summed E-state index contributed by atoms with van der Waals surface area (Å²) in [5.41, 5.74) is -0.0916. The van der Waals surface area contributed by atoms with Crippen molar-refractivity contribution in [3.8, 4) is 0 Å². The van der Waals surface area contributed by atoms with Crippen LogP contribution in [0.3, 0.4) is 0 Å². The Kier molecular flexibility index (Phi) is 3.23. The molecule has 0 amide bonds. The smallest absolute Gasteiger partial charge is 0.102 e. The highest BCUT2D eigenvalue weighted by Crippen LogP contribution is 2.22. The summed E-state index contributed by atoms with van der Waals surface area (Å²) < 4.78 is 0. The van der Waals surface area contributed by atoms with Crippen molar-refractivity contribution in [1.82, 2.24) is 0 Å². The standard InChI is InChI=1S/C10H11Cl2O/c1-10(2,13)6-7-3-8(11)5-9(12)4-7/h3-5H,6H2,1-2H3. The number of hydrogen-bond donors (Lipinski definition) is 0. The molecule has 3 heteroatoms. The van der Waals surface area contributed by atoms with E-state index in [4.69, 9.17) is 23.2 Å². The first-order valence-electron chi connectivity index (χ1n) is 4.02. The van der Waals surface area contributed by atoms with Crippen molar-refractivity contribution < 1.29 is 5.11 Å². The highest BCUT2D eigenvalue weighted by Gasteiger charge is 2.16. The van der Waals surface area contributed by atoms with Crippen molar-refractivity contribution in [1.29, 1.82) is 0 Å². The largest absolute Gasteiger partial charge is 0.230 e. The van der Waals surface area contributed by atoms with Gasteiger partial charge in [-0.2, -0.15) is 0 Å². The van der Waals surface area contributed by atoms with Crippen LogP contribution in [-0.2, 0) is 11.5 Å². The fraction of sp³-hybridized carbons (Fsp3) is 0.400. The van der Waals surface area contributed by atoms with Crippen molar-refractivity contribution in [2.75, 3.05) is 0 Å². The molecule has 0 heterocycles. The molecule has 1 rings (SSSR count). The minimum atomic E-state index is -0.978. The van der Waals surface area contributed by atoms with E-state index in [0.29, 0.717) is 16.5 Å². The van der Waals surface area contributed by atoms with Gasteiger partial charge in [0.05, 0.1) is 0 Å². The summed E-state index contributed by atoms with van der Waals surface area (Å²) in [7, 11) is 0. The molecular weight excluding hydrogens is 207 g/mol. The molecule has 0 unspecified atom stereocenters. The Morgan fingerprint density at radius 2 is 1.62 bits per heavy atom. The van der Waals surface area contributed by atoms with Crippen molar-refractivity contribution >= 4 is 23.2 Å². The molecule has 0 aliphatic carbocycles. The van der Waals surface area contributed by atoms with Gasteiger partial charge in [0.1, 0.15) is 5.60 Å². The lowest BCUT2D eigenvalue weighted by atomic mass is 9.99. The first-order valence-corrected chi connectivity index (χ1v) is 4.78. The zero-order valence-electron chi connectivity index (χ0n) is 7.60. The van der Waals surface area contributed by atoms with E-state index < -0.39 is 5.60 Å². The van der Waals surface area contributed by atoms with Crippen molar-refractivity contribution in [2.24, 2.45) is 0 Å². The number of rotatable bonds is 2. The molecule has 0 atom stereocenters. The lowest BCUT2D eigenvalue weighted by Gasteiger charge is -2.14. The molecule has 1 aromatic carbocycles. The molecule has 1 radical (unpaired) electrons. The molecule has 0 aromatic heterocycles. The van der Waals surface area contributed by atoms with Gasteiger partial charge in [0.2, 0.25) is 0 Å². The van der Waals surface area contributed by atoms with Crippen molar-refractivity contribution in [3.63, 3.8) is 0 Å². The van der Waals surface area contributed by atoms with Crippen molar-refractivity contribution in [3.05, 3.63) is 33.8 Å². The molecule has 0 aliphatic heterocycles. The fourth-order valence-corrected chi connectivity index (χ4v) is 1.78. The predicted molar refractivity (Wildman–Crippen MR) is 54.9 cm³/mol. The molecule has 0 fully saturated rings. The van der Waals surface area contributed by atoms with Gasteiger partial charge < -0.3 is 0 Å². The second-order valence-corrected chi connectivity index (χ2v) is 4.59. The van der Waals surface area contributed by atoms with E-state index >= 15 is 0 Å². The van der Waals surface area contributed by atoms with Crippen LogP contribution in [0, 0.1) is 0 Å². The van der Waals surface area contributed by atoms with Gasteiger partial charge in [-0.3, -0.25) is 0 Å². The zero-order chi connectivity index (χ0) is 10.1. The summed E-state index contributed by atoms with van der Waals surface area (Å²) in [5.74, 6) is 0. The van der Waals surface area contributed by atoms with Crippen LogP contribution in [0.4, 0.5) is 0 Å². The maximum absolute atomic E-state index is 11.4. The Bertz CT molecular complexity index is 282. The highest BCUT2D eigenvalue weighted by atomic mass is 35.5. The molecule has 0 aliphatic rings. The van der Waals surface area contributed by atoms with Crippen LogP contribution in [0.1, 0.15) is 19.4 Å². The predicted octanol–water partition coefficient (Wildman–Crippen LogP) is 3.75.